The SMILES string of the molecule is Cc1ccc2c(c1)c(C)cc1c3cc4c(cc3c(C)cc21)-c1ccc(C)c2cccc-4c12. The van der Waals surface area contributed by atoms with Gasteiger partial charge in [-0.3, -0.25) is 0 Å². The molecule has 0 N–H and O–H groups in total. The molecule has 0 spiro atoms. The van der Waals surface area contributed by atoms with Gasteiger partial charge in [0.25, 0.3) is 0 Å². The van der Waals surface area contributed by atoms with Crippen LogP contribution in [0.3, 0.4) is 0 Å². The molecule has 6 aromatic rings. The van der Waals surface area contributed by atoms with E-state index in [-0.39, 0.29) is 0 Å². The lowest BCUT2D eigenvalue weighted by molar-refractivity contribution is 1.48. The van der Waals surface area contributed by atoms with Gasteiger partial charge in [0.1, 0.15) is 0 Å². The Hall–Kier alpha value is -3.64. The third kappa shape index (κ3) is 2.17. The molecule has 0 saturated carbocycles. The van der Waals surface area contributed by atoms with Crippen LogP contribution in [0.5, 0.6) is 0 Å². The Morgan fingerprint density at radius 2 is 1.00 bits per heavy atom. The Kier molecular flexibility index (Phi) is 3.36. The van der Waals surface area contributed by atoms with Crippen LogP contribution in [0.1, 0.15) is 22.3 Å². The zero-order valence-corrected chi connectivity index (χ0v) is 18.9. The van der Waals surface area contributed by atoms with Gasteiger partial charge in [-0.15, -0.1) is 0 Å². The smallest absolute Gasteiger partial charge is 0.00237 e. The van der Waals surface area contributed by atoms with Crippen molar-refractivity contribution < 1.29 is 0 Å². The highest BCUT2D eigenvalue weighted by atomic mass is 14.3. The summed E-state index contributed by atoms with van der Waals surface area (Å²) in [5, 5.41) is 11.0. The maximum atomic E-state index is 2.46. The number of hydrogen-bond acceptors (Lipinski definition) is 0. The maximum Gasteiger partial charge on any atom is -0.00237 e. The molecule has 0 unspecified atom stereocenters. The van der Waals surface area contributed by atoms with Gasteiger partial charge in [-0.05, 0) is 122 Å². The van der Waals surface area contributed by atoms with Crippen molar-refractivity contribution in [3.63, 3.8) is 0 Å². The van der Waals surface area contributed by atoms with Gasteiger partial charge in [-0.25, -0.2) is 0 Å². The van der Waals surface area contributed by atoms with Crippen LogP contribution in [-0.2, 0) is 0 Å². The zero-order chi connectivity index (χ0) is 21.7. The van der Waals surface area contributed by atoms with E-state index in [0.29, 0.717) is 0 Å². The standard InChI is InChI=1S/C32H24/c1-17-8-10-22-25(12-17)19(3)14-28-27(22)13-20(4)26-15-29-24-11-9-18(2)21-6-5-7-23(32(21)24)30(29)16-31(26)28/h5-16H,1-4H3. The summed E-state index contributed by atoms with van der Waals surface area (Å²) in [5.74, 6) is 0. The summed E-state index contributed by atoms with van der Waals surface area (Å²) in [6.45, 7) is 8.91. The van der Waals surface area contributed by atoms with Gasteiger partial charge in [0.15, 0.2) is 0 Å². The quantitative estimate of drug-likeness (QED) is 0.219. The van der Waals surface area contributed by atoms with E-state index in [1.165, 1.54) is 87.6 Å². The molecule has 0 aliphatic heterocycles. The Morgan fingerprint density at radius 3 is 1.78 bits per heavy atom. The van der Waals surface area contributed by atoms with Crippen LogP contribution >= 0.6 is 0 Å². The first kappa shape index (κ1) is 18.0. The molecule has 6 aromatic carbocycles. The van der Waals surface area contributed by atoms with Gasteiger partial charge in [0, 0.05) is 0 Å². The second kappa shape index (κ2) is 5.99. The average Bonchev–Trinajstić information content (AvgIpc) is 3.11. The van der Waals surface area contributed by atoms with Crippen LogP contribution in [0.4, 0.5) is 0 Å². The lowest BCUT2D eigenvalue weighted by Crippen LogP contribution is -1.89. The molecule has 0 fully saturated rings. The molecule has 7 rings (SSSR count). The second-order valence-corrected chi connectivity index (χ2v) is 9.63. The van der Waals surface area contributed by atoms with Crippen LogP contribution in [0.15, 0.2) is 72.8 Å². The molecule has 0 amide bonds. The van der Waals surface area contributed by atoms with Crippen LogP contribution in [0.25, 0.3) is 65.3 Å². The largest absolute Gasteiger partial charge is 0.0610 e. The van der Waals surface area contributed by atoms with E-state index < -0.39 is 0 Å². The Balaban J connectivity index is 1.67. The van der Waals surface area contributed by atoms with E-state index >= 15 is 0 Å². The van der Waals surface area contributed by atoms with Crippen molar-refractivity contribution in [1.29, 1.82) is 0 Å². The van der Waals surface area contributed by atoms with Gasteiger partial charge in [-0.2, -0.15) is 0 Å². The van der Waals surface area contributed by atoms with Crippen molar-refractivity contribution in [2.75, 3.05) is 0 Å². The molecule has 32 heavy (non-hydrogen) atoms. The molecule has 152 valence electrons. The highest BCUT2D eigenvalue weighted by Gasteiger charge is 2.23. The molecule has 1 aliphatic carbocycles. The second-order valence-electron chi connectivity index (χ2n) is 9.63. The van der Waals surface area contributed by atoms with Crippen molar-refractivity contribution in [1.82, 2.24) is 0 Å². The molecule has 0 bridgehead atoms. The highest BCUT2D eigenvalue weighted by Crippen LogP contribution is 2.50. The van der Waals surface area contributed by atoms with Crippen molar-refractivity contribution >= 4 is 43.1 Å². The third-order valence-electron chi connectivity index (χ3n) is 7.61. The van der Waals surface area contributed by atoms with Crippen molar-refractivity contribution in [2.45, 2.75) is 27.7 Å². The van der Waals surface area contributed by atoms with Gasteiger partial charge in [0.2, 0.25) is 0 Å². The van der Waals surface area contributed by atoms with E-state index in [9.17, 15) is 0 Å². The minimum absolute atomic E-state index is 1.32. The molecule has 0 nitrogen and oxygen atoms in total. The van der Waals surface area contributed by atoms with Crippen molar-refractivity contribution in [3.8, 4) is 22.3 Å². The van der Waals surface area contributed by atoms with E-state index in [1.54, 1.807) is 0 Å². The van der Waals surface area contributed by atoms with Crippen LogP contribution in [0.2, 0.25) is 0 Å². The fourth-order valence-corrected chi connectivity index (χ4v) is 6.00. The highest BCUT2D eigenvalue weighted by molar-refractivity contribution is 6.23. The number of benzene rings is 6. The normalized spacial score (nSPS) is 12.4. The Labute approximate surface area is 188 Å². The molecule has 0 radical (unpaired) electrons. The van der Waals surface area contributed by atoms with Gasteiger partial charge in [0.05, 0.1) is 0 Å². The summed E-state index contributed by atoms with van der Waals surface area (Å²) in [6.07, 6.45) is 0. The molecular weight excluding hydrogens is 384 g/mol. The molecule has 0 heterocycles. The summed E-state index contributed by atoms with van der Waals surface area (Å²) in [4.78, 5) is 0. The monoisotopic (exact) mass is 408 g/mol. The summed E-state index contributed by atoms with van der Waals surface area (Å²) in [7, 11) is 0. The fraction of sp³-hybridized carbons (Fsp3) is 0.125. The molecular formula is C32H24. The van der Waals surface area contributed by atoms with Gasteiger partial charge in [-0.1, -0.05) is 66.2 Å². The number of aryl methyl sites for hydroxylation is 4. The number of hydrogen-bond donors (Lipinski definition) is 0. The van der Waals surface area contributed by atoms with E-state index in [1.807, 2.05) is 0 Å². The Bertz CT molecular complexity index is 1800. The number of fused-ring (bicyclic) bond motifs is 8. The average molecular weight is 409 g/mol. The van der Waals surface area contributed by atoms with Crippen molar-refractivity contribution in [2.24, 2.45) is 0 Å². The van der Waals surface area contributed by atoms with E-state index in [2.05, 4.69) is 100 Å². The van der Waals surface area contributed by atoms with Crippen molar-refractivity contribution in [3.05, 3.63) is 95.1 Å². The zero-order valence-electron chi connectivity index (χ0n) is 18.9. The summed E-state index contributed by atoms with van der Waals surface area (Å²) in [6, 6.07) is 27.9. The molecule has 0 aromatic heterocycles. The minimum atomic E-state index is 1.32. The van der Waals surface area contributed by atoms with Crippen LogP contribution in [-0.4, -0.2) is 0 Å². The first-order valence-corrected chi connectivity index (χ1v) is 11.5. The molecule has 1 aliphatic rings. The van der Waals surface area contributed by atoms with Crippen LogP contribution in [0, 0.1) is 27.7 Å². The lowest BCUT2D eigenvalue weighted by atomic mass is 9.89. The van der Waals surface area contributed by atoms with E-state index in [0.717, 1.165) is 0 Å². The topological polar surface area (TPSA) is 0 Å². The Morgan fingerprint density at radius 1 is 0.375 bits per heavy atom. The molecule has 0 saturated heterocycles. The van der Waals surface area contributed by atoms with Crippen LogP contribution < -0.4 is 0 Å². The maximum absolute atomic E-state index is 2.46. The molecule has 0 atom stereocenters. The predicted molar refractivity (Wildman–Crippen MR) is 140 cm³/mol. The first-order valence-electron chi connectivity index (χ1n) is 11.5. The molecule has 0 heteroatoms. The fourth-order valence-electron chi connectivity index (χ4n) is 6.00. The lowest BCUT2D eigenvalue weighted by Gasteiger charge is -2.15. The third-order valence-corrected chi connectivity index (χ3v) is 7.61. The predicted octanol–water partition coefficient (Wildman–Crippen LogP) is 9.18. The summed E-state index contributed by atoms with van der Waals surface area (Å²) in [5.41, 5.74) is 10.9. The summed E-state index contributed by atoms with van der Waals surface area (Å²) < 4.78 is 0. The van der Waals surface area contributed by atoms with E-state index in [4.69, 9.17) is 0 Å². The summed E-state index contributed by atoms with van der Waals surface area (Å²) >= 11 is 0. The van der Waals surface area contributed by atoms with Gasteiger partial charge >= 0.3 is 0 Å². The number of rotatable bonds is 0. The van der Waals surface area contributed by atoms with Gasteiger partial charge < -0.3 is 0 Å². The first-order chi connectivity index (χ1) is 15.5. The minimum Gasteiger partial charge on any atom is -0.0610 e.